The second-order valence-electron chi connectivity index (χ2n) is 41.0. The Labute approximate surface area is 689 Å². The minimum absolute atomic E-state index is 0.00515. The van der Waals surface area contributed by atoms with Crippen molar-refractivity contribution in [3.05, 3.63) is 23.3 Å². The molecule has 12 unspecified atom stereocenters. The maximum atomic E-state index is 11.7. The summed E-state index contributed by atoms with van der Waals surface area (Å²) in [4.78, 5) is 92.3. The molecule has 2 bridgehead atoms. The lowest BCUT2D eigenvalue weighted by atomic mass is 9.44. The van der Waals surface area contributed by atoms with Gasteiger partial charge in [-0.15, -0.1) is 0 Å². The van der Waals surface area contributed by atoms with Crippen molar-refractivity contribution in [2.24, 2.45) is 114 Å². The number of alkyl halides is 2. The van der Waals surface area contributed by atoms with Crippen molar-refractivity contribution in [1.82, 2.24) is 0 Å². The standard InChI is InChI=1S/C23H33BrO5.C23H35BrO5.C23H34O5.C23H34O4/c1-13(25)28-15-6-9-22-12-27-20(23(22,24)11-15)10-16-17-4-5-19(29-14(2)26)21(17,3)8-7-18(16)22;1-13(25)28-15-7-10-22(4)18-8-9-21(3)17(5-6-20(21)29-14(2)26)16(18)11-19(27)23(22,24)12-15;1-14(25)27-17-8-11-23(13-24)16(12-17)4-5-18-19-6-7-21(28-15(2)26)22(19,3)10-9-20(18)23;1-14(24)26-17-9-11-22(3)16(13-17)5-6-18-19-7-8-21(27-15(2)25)23(19,4)12-10-20(18)22/h15-20H,4-12H2,1-3H3;15-20,27H,5-12H2,1-4H3;4,17-21,24H,5-13H2,1-3H3;5,17-21H,6-13H2,1-4H3/t15-,16?,17?,18?,19-,20+,21-,22-,23-;15-,16?,17?,18?,19+,20-,21-,22+,23-;17-,18?,19?,20?,21-,22-,23+;17-,18?,19?,20?,21-,22-,23-/m0000/s1. The van der Waals surface area contributed by atoms with Crippen LogP contribution in [-0.2, 0) is 81.0 Å². The summed E-state index contributed by atoms with van der Waals surface area (Å²) in [5.74, 6) is 5.54. The fourth-order valence-corrected chi connectivity index (χ4v) is 33.3. The monoisotopic (exact) mass is 1700 g/mol. The highest BCUT2D eigenvalue weighted by Crippen LogP contribution is 2.75. The Balaban J connectivity index is 0.000000125. The Kier molecular flexibility index (Phi) is 24.1. The molecule has 1 saturated heterocycles. The van der Waals surface area contributed by atoms with E-state index in [9.17, 15) is 48.6 Å². The molecule has 17 aliphatic rings. The minimum Gasteiger partial charge on any atom is -0.463 e. The highest BCUT2D eigenvalue weighted by atomic mass is 79.9. The van der Waals surface area contributed by atoms with Gasteiger partial charge in [-0.3, -0.25) is 38.4 Å². The van der Waals surface area contributed by atoms with Gasteiger partial charge >= 0.3 is 47.8 Å². The molecule has 0 aromatic rings. The summed E-state index contributed by atoms with van der Waals surface area (Å²) in [7, 11) is 0. The van der Waals surface area contributed by atoms with Gasteiger partial charge < -0.3 is 52.8 Å². The quantitative estimate of drug-likeness (QED) is 0.0940. The van der Waals surface area contributed by atoms with Crippen LogP contribution in [0.25, 0.3) is 0 Å². The SMILES string of the molecule is CC(=O)O[C@H]1CC[C@@]2(C)C(=CCC3C2CC[C@@]2(C)C3CC[C@@H]2OC(C)=O)C1.CC(=O)O[C@H]1CC[C@@]2(CO)C(=CCC3C2CC[C@@]2(C)C3CC[C@@H]2OC(C)=O)C1.CC(=O)O[C@H]1CC[C@]2(C)C3CC[C@@]4(C)C(CC[C@@H]4OC(C)=O)C3C[C@@H](O)[C@@]2(Br)C1.CC(=O)O[C@H]1CC[C@]23CO[C@H](CC4C2CC[C@@]2(C)C4CC[C@@H]2OC(C)=O)[C@@]3(Br)C1. The summed E-state index contributed by atoms with van der Waals surface area (Å²) >= 11 is 8.20. The molecule has 0 spiro atoms. The number of esters is 8. The van der Waals surface area contributed by atoms with E-state index in [2.05, 4.69) is 85.6 Å². The normalized spacial score (nSPS) is 48.7. The molecule has 113 heavy (non-hydrogen) atoms. The second kappa shape index (κ2) is 31.9. The van der Waals surface area contributed by atoms with Crippen LogP contribution in [0.1, 0.15) is 302 Å². The van der Waals surface area contributed by atoms with E-state index in [1.807, 2.05) is 0 Å². The maximum absolute atomic E-state index is 11.7. The molecule has 1 aliphatic heterocycles. The third-order valence-corrected chi connectivity index (χ3v) is 39.4. The molecule has 1 heterocycles. The smallest absolute Gasteiger partial charge is 0.302 e. The van der Waals surface area contributed by atoms with Crippen molar-refractivity contribution >= 4 is 79.6 Å². The van der Waals surface area contributed by atoms with Gasteiger partial charge in [-0.2, -0.15) is 0 Å². The van der Waals surface area contributed by atoms with Gasteiger partial charge in [0.25, 0.3) is 0 Å². The van der Waals surface area contributed by atoms with Gasteiger partial charge in [-0.1, -0.05) is 96.7 Å². The van der Waals surface area contributed by atoms with E-state index in [0.29, 0.717) is 77.4 Å². The van der Waals surface area contributed by atoms with E-state index in [0.717, 1.165) is 186 Å². The van der Waals surface area contributed by atoms with Crippen molar-refractivity contribution in [2.45, 2.75) is 372 Å². The van der Waals surface area contributed by atoms with Gasteiger partial charge in [-0.25, -0.2) is 0 Å². The predicted octanol–water partition coefficient (Wildman–Crippen LogP) is 17.4. The van der Waals surface area contributed by atoms with Crippen molar-refractivity contribution < 1.29 is 91.2 Å². The first kappa shape index (κ1) is 85.5. The number of allylic oxidation sites excluding steroid dienone is 2. The molecule has 0 aromatic heterocycles. The summed E-state index contributed by atoms with van der Waals surface area (Å²) < 4.78 is 51.1. The number of carbonyl (C=O) groups excluding carboxylic acids is 8. The van der Waals surface area contributed by atoms with Gasteiger partial charge in [0.1, 0.15) is 48.8 Å². The van der Waals surface area contributed by atoms with E-state index in [-0.39, 0.29) is 157 Å². The summed E-state index contributed by atoms with van der Waals surface area (Å²) in [5.41, 5.74) is 3.36. The van der Waals surface area contributed by atoms with Gasteiger partial charge in [0.15, 0.2) is 0 Å². The van der Waals surface area contributed by atoms with E-state index < -0.39 is 10.4 Å². The lowest BCUT2D eigenvalue weighted by Gasteiger charge is -2.65. The molecule has 0 amide bonds. The first-order chi connectivity index (χ1) is 53.2. The van der Waals surface area contributed by atoms with Crippen LogP contribution >= 0.6 is 31.9 Å². The lowest BCUT2D eigenvalue weighted by molar-refractivity contribution is -0.176. The van der Waals surface area contributed by atoms with Crippen LogP contribution in [0.3, 0.4) is 0 Å². The summed E-state index contributed by atoms with van der Waals surface area (Å²) in [6.07, 6.45) is 36.9. The topological polar surface area (TPSA) is 260 Å². The molecule has 17 rings (SSSR count). The maximum Gasteiger partial charge on any atom is 0.302 e. The number of carbonyl (C=O) groups is 8. The largest absolute Gasteiger partial charge is 0.463 e. The Morgan fingerprint density at radius 1 is 0.389 bits per heavy atom. The third kappa shape index (κ3) is 14.8. The molecule has 0 aromatic carbocycles. The Hall–Kier alpha value is -3.92. The lowest BCUT2D eigenvalue weighted by Crippen LogP contribution is -2.66. The zero-order chi connectivity index (χ0) is 81.3. The third-order valence-electron chi connectivity index (χ3n) is 36.0. The number of fused-ring (bicyclic) bond motifs is 18. The highest BCUT2D eigenvalue weighted by Gasteiger charge is 2.74. The zero-order valence-corrected chi connectivity index (χ0v) is 73.7. The van der Waals surface area contributed by atoms with Gasteiger partial charge in [0.2, 0.25) is 0 Å². The van der Waals surface area contributed by atoms with Crippen LogP contribution in [-0.4, -0.2) is 141 Å². The van der Waals surface area contributed by atoms with Crippen LogP contribution in [0.15, 0.2) is 23.3 Å². The zero-order valence-electron chi connectivity index (χ0n) is 70.5. The fourth-order valence-electron chi connectivity index (χ4n) is 31.0. The van der Waals surface area contributed by atoms with Crippen LogP contribution in [0.2, 0.25) is 0 Å². The van der Waals surface area contributed by atoms with Crippen LogP contribution in [0.5, 0.6) is 0 Å². The van der Waals surface area contributed by atoms with Crippen molar-refractivity contribution in [1.29, 1.82) is 0 Å². The van der Waals surface area contributed by atoms with E-state index in [1.54, 1.807) is 6.92 Å². The van der Waals surface area contributed by atoms with E-state index in [1.165, 1.54) is 78.9 Å². The molecule has 0 radical (unpaired) electrons. The molecule has 32 atom stereocenters. The molecular formula is C92H136Br2O19. The molecule has 2 N–H and O–H groups in total. The van der Waals surface area contributed by atoms with E-state index >= 15 is 0 Å². The number of hydrogen-bond donors (Lipinski definition) is 2. The Bertz CT molecular complexity index is 3650. The summed E-state index contributed by atoms with van der Waals surface area (Å²) in [6, 6.07) is 0. The average Bonchev–Trinajstić information content (AvgIpc) is 1.59. The number of aliphatic hydroxyl groups is 2. The fraction of sp³-hybridized carbons (Fsp3) is 0.870. The van der Waals surface area contributed by atoms with E-state index in [4.69, 9.17) is 42.6 Å². The number of rotatable bonds is 9. The number of ether oxygens (including phenoxy) is 9. The van der Waals surface area contributed by atoms with Crippen molar-refractivity contribution in [2.75, 3.05) is 13.2 Å². The molecule has 14 saturated carbocycles. The second-order valence-corrected chi connectivity index (χ2v) is 43.9. The average molecular weight is 1710 g/mol. The summed E-state index contributed by atoms with van der Waals surface area (Å²) in [6.45, 7) is 27.2. The van der Waals surface area contributed by atoms with Crippen molar-refractivity contribution in [3.8, 4) is 0 Å². The molecule has 632 valence electrons. The number of aliphatic hydroxyl groups excluding tert-OH is 2. The Morgan fingerprint density at radius 2 is 0.761 bits per heavy atom. The molecule has 15 fully saturated rings. The predicted molar refractivity (Wildman–Crippen MR) is 430 cm³/mol. The summed E-state index contributed by atoms with van der Waals surface area (Å²) in [5, 5.41) is 21.9. The first-order valence-corrected chi connectivity index (χ1v) is 45.9. The number of halogens is 2. The highest BCUT2D eigenvalue weighted by molar-refractivity contribution is 9.10. The van der Waals surface area contributed by atoms with Gasteiger partial charge in [-0.05, 0) is 262 Å². The molecule has 21 heteroatoms. The molecular weight excluding hydrogens is 1570 g/mol. The minimum atomic E-state index is -0.470. The van der Waals surface area contributed by atoms with Crippen LogP contribution in [0, 0.1) is 114 Å². The van der Waals surface area contributed by atoms with Gasteiger partial charge in [0.05, 0.1) is 34.1 Å². The number of hydrogen-bond acceptors (Lipinski definition) is 19. The molecule has 16 aliphatic carbocycles. The van der Waals surface area contributed by atoms with Crippen molar-refractivity contribution in [3.63, 3.8) is 0 Å². The first-order valence-electron chi connectivity index (χ1n) is 44.3. The van der Waals surface area contributed by atoms with Gasteiger partial charge in [0, 0.05) is 114 Å². The Morgan fingerprint density at radius 3 is 1.23 bits per heavy atom. The molecule has 19 nitrogen and oxygen atoms in total. The van der Waals surface area contributed by atoms with Crippen LogP contribution < -0.4 is 0 Å². The van der Waals surface area contributed by atoms with Crippen LogP contribution in [0.4, 0.5) is 0 Å².